The third kappa shape index (κ3) is 2.69. The molecule has 3 rings (SSSR count). The van der Waals surface area contributed by atoms with Gasteiger partial charge in [-0.15, -0.1) is 0 Å². The molecule has 0 unspecified atom stereocenters. The monoisotopic (exact) mass is 295 g/mol. The first-order valence-corrected chi connectivity index (χ1v) is 7.00. The van der Waals surface area contributed by atoms with Crippen LogP contribution >= 0.6 is 11.6 Å². The fourth-order valence-corrected chi connectivity index (χ4v) is 2.92. The van der Waals surface area contributed by atoms with Gasteiger partial charge >= 0.3 is 0 Å². The molecule has 0 aliphatic heterocycles. The molecule has 6 heteroatoms. The Morgan fingerprint density at radius 1 is 1.35 bits per heavy atom. The van der Waals surface area contributed by atoms with Gasteiger partial charge in [-0.2, -0.15) is 4.98 Å². The first-order valence-electron chi connectivity index (χ1n) is 6.63. The van der Waals surface area contributed by atoms with Crippen molar-refractivity contribution in [2.45, 2.75) is 37.6 Å². The van der Waals surface area contributed by atoms with E-state index in [1.165, 1.54) is 12.1 Å². The summed E-state index contributed by atoms with van der Waals surface area (Å²) in [6.45, 7) is 0. The van der Waals surface area contributed by atoms with Crippen molar-refractivity contribution in [1.82, 2.24) is 10.1 Å². The van der Waals surface area contributed by atoms with Gasteiger partial charge in [0.1, 0.15) is 5.82 Å². The van der Waals surface area contributed by atoms with Gasteiger partial charge in [-0.1, -0.05) is 29.6 Å². The maximum absolute atomic E-state index is 13.0. The molecule has 0 amide bonds. The predicted molar refractivity (Wildman–Crippen MR) is 73.8 cm³/mol. The van der Waals surface area contributed by atoms with E-state index in [2.05, 4.69) is 10.1 Å². The fourth-order valence-electron chi connectivity index (χ4n) is 2.66. The lowest BCUT2D eigenvalue weighted by molar-refractivity contribution is 0.329. The number of benzene rings is 1. The normalized spacial score (nSPS) is 17.6. The molecule has 1 aliphatic carbocycles. The SMILES string of the molecule is NC1(Cc2nc(-c3ccc(F)cc3Cl)no2)CCCC1. The Morgan fingerprint density at radius 2 is 2.10 bits per heavy atom. The predicted octanol–water partition coefficient (Wildman–Crippen LogP) is 3.34. The first kappa shape index (κ1) is 13.5. The molecular formula is C14H15ClFN3O. The Labute approximate surface area is 121 Å². The van der Waals surface area contributed by atoms with Crippen LogP contribution in [0.2, 0.25) is 5.02 Å². The van der Waals surface area contributed by atoms with Gasteiger partial charge in [0.15, 0.2) is 0 Å². The van der Waals surface area contributed by atoms with Crippen molar-refractivity contribution < 1.29 is 8.91 Å². The number of hydrogen-bond donors (Lipinski definition) is 1. The highest BCUT2D eigenvalue weighted by Gasteiger charge is 2.31. The number of hydrogen-bond acceptors (Lipinski definition) is 4. The van der Waals surface area contributed by atoms with Gasteiger partial charge in [-0.05, 0) is 31.0 Å². The number of nitrogens with two attached hydrogens (primary N) is 1. The summed E-state index contributed by atoms with van der Waals surface area (Å²) in [6.07, 6.45) is 4.80. The minimum atomic E-state index is -0.394. The van der Waals surface area contributed by atoms with Crippen LogP contribution < -0.4 is 5.73 Å². The van der Waals surface area contributed by atoms with Gasteiger partial charge in [-0.25, -0.2) is 4.39 Å². The Hall–Kier alpha value is -1.46. The second-order valence-corrected chi connectivity index (χ2v) is 5.79. The van der Waals surface area contributed by atoms with E-state index in [1.807, 2.05) is 0 Å². The highest BCUT2D eigenvalue weighted by atomic mass is 35.5. The van der Waals surface area contributed by atoms with E-state index in [4.69, 9.17) is 21.9 Å². The van der Waals surface area contributed by atoms with Crippen LogP contribution in [0.25, 0.3) is 11.4 Å². The second kappa shape index (κ2) is 5.14. The summed E-state index contributed by atoms with van der Waals surface area (Å²) in [5.41, 5.74) is 6.60. The van der Waals surface area contributed by atoms with Crippen molar-refractivity contribution in [3.8, 4) is 11.4 Å². The fraction of sp³-hybridized carbons (Fsp3) is 0.429. The minimum absolute atomic E-state index is 0.240. The highest BCUT2D eigenvalue weighted by Crippen LogP contribution is 2.31. The minimum Gasteiger partial charge on any atom is -0.339 e. The molecule has 2 aromatic rings. The van der Waals surface area contributed by atoms with Crippen LogP contribution in [0.15, 0.2) is 22.7 Å². The summed E-state index contributed by atoms with van der Waals surface area (Å²) in [5.74, 6) is 0.478. The Kier molecular flexibility index (Phi) is 3.48. The number of halogens is 2. The molecule has 1 aromatic heterocycles. The molecule has 2 N–H and O–H groups in total. The Morgan fingerprint density at radius 3 is 2.80 bits per heavy atom. The molecule has 4 nitrogen and oxygen atoms in total. The lowest BCUT2D eigenvalue weighted by Crippen LogP contribution is -2.38. The standard InChI is InChI=1S/C14H15ClFN3O/c15-11-7-9(16)3-4-10(11)13-18-12(20-19-13)8-14(17)5-1-2-6-14/h3-4,7H,1-2,5-6,8,17H2. The van der Waals surface area contributed by atoms with E-state index in [9.17, 15) is 4.39 Å². The van der Waals surface area contributed by atoms with Crippen LogP contribution in [0.3, 0.4) is 0 Å². The molecule has 0 atom stereocenters. The summed E-state index contributed by atoms with van der Waals surface area (Å²) in [4.78, 5) is 4.32. The zero-order valence-electron chi connectivity index (χ0n) is 10.9. The van der Waals surface area contributed by atoms with Gasteiger partial charge in [0, 0.05) is 17.5 Å². The van der Waals surface area contributed by atoms with Crippen molar-refractivity contribution in [2.75, 3.05) is 0 Å². The molecule has 20 heavy (non-hydrogen) atoms. The summed E-state index contributed by atoms with van der Waals surface area (Å²) < 4.78 is 18.3. The molecule has 1 aromatic carbocycles. The first-order chi connectivity index (χ1) is 9.56. The van der Waals surface area contributed by atoms with Crippen molar-refractivity contribution >= 4 is 11.6 Å². The third-order valence-electron chi connectivity index (χ3n) is 3.74. The van der Waals surface area contributed by atoms with Gasteiger partial charge in [0.05, 0.1) is 5.02 Å². The van der Waals surface area contributed by atoms with Crippen molar-refractivity contribution in [2.24, 2.45) is 5.73 Å². The molecular weight excluding hydrogens is 281 g/mol. The van der Waals surface area contributed by atoms with E-state index in [-0.39, 0.29) is 10.6 Å². The molecule has 106 valence electrons. The van der Waals surface area contributed by atoms with Gasteiger partial charge < -0.3 is 10.3 Å². The van der Waals surface area contributed by atoms with Crippen LogP contribution in [0.1, 0.15) is 31.6 Å². The number of nitrogens with zero attached hydrogens (tertiary/aromatic N) is 2. The quantitative estimate of drug-likeness (QED) is 0.943. The maximum atomic E-state index is 13.0. The molecule has 0 saturated heterocycles. The van der Waals surface area contributed by atoms with Gasteiger partial charge in [0.25, 0.3) is 0 Å². The number of aromatic nitrogens is 2. The summed E-state index contributed by atoms with van der Waals surface area (Å²) in [6, 6.07) is 4.09. The summed E-state index contributed by atoms with van der Waals surface area (Å²) in [7, 11) is 0. The Balaban J connectivity index is 1.83. The van der Waals surface area contributed by atoms with E-state index < -0.39 is 5.82 Å². The summed E-state index contributed by atoms with van der Waals surface area (Å²) in [5, 5.41) is 4.17. The van der Waals surface area contributed by atoms with E-state index in [0.717, 1.165) is 25.7 Å². The highest BCUT2D eigenvalue weighted by molar-refractivity contribution is 6.33. The van der Waals surface area contributed by atoms with Crippen LogP contribution in [0, 0.1) is 5.82 Å². The summed E-state index contributed by atoms with van der Waals surface area (Å²) >= 11 is 5.98. The second-order valence-electron chi connectivity index (χ2n) is 5.38. The van der Waals surface area contributed by atoms with Crippen molar-refractivity contribution in [1.29, 1.82) is 0 Å². The molecule has 1 saturated carbocycles. The zero-order chi connectivity index (χ0) is 14.2. The largest absolute Gasteiger partial charge is 0.339 e. The maximum Gasteiger partial charge on any atom is 0.228 e. The van der Waals surface area contributed by atoms with Crippen LogP contribution in [-0.2, 0) is 6.42 Å². The van der Waals surface area contributed by atoms with Crippen molar-refractivity contribution in [3.05, 3.63) is 34.9 Å². The zero-order valence-corrected chi connectivity index (χ0v) is 11.7. The lowest BCUT2D eigenvalue weighted by Gasteiger charge is -2.20. The molecule has 0 radical (unpaired) electrons. The average Bonchev–Trinajstić information content (AvgIpc) is 2.99. The molecule has 1 aliphatic rings. The van der Waals surface area contributed by atoms with Crippen LogP contribution in [-0.4, -0.2) is 15.7 Å². The van der Waals surface area contributed by atoms with Crippen LogP contribution in [0.4, 0.5) is 4.39 Å². The van der Waals surface area contributed by atoms with E-state index in [1.54, 1.807) is 6.07 Å². The topological polar surface area (TPSA) is 64.9 Å². The van der Waals surface area contributed by atoms with E-state index in [0.29, 0.717) is 23.7 Å². The molecule has 1 fully saturated rings. The van der Waals surface area contributed by atoms with Crippen molar-refractivity contribution in [3.63, 3.8) is 0 Å². The molecule has 1 heterocycles. The van der Waals surface area contributed by atoms with Gasteiger partial charge in [0.2, 0.25) is 11.7 Å². The molecule has 0 bridgehead atoms. The van der Waals surface area contributed by atoms with Crippen LogP contribution in [0.5, 0.6) is 0 Å². The van der Waals surface area contributed by atoms with E-state index >= 15 is 0 Å². The third-order valence-corrected chi connectivity index (χ3v) is 4.06. The average molecular weight is 296 g/mol. The smallest absolute Gasteiger partial charge is 0.228 e. The number of rotatable bonds is 3. The van der Waals surface area contributed by atoms with Gasteiger partial charge in [-0.3, -0.25) is 0 Å². The lowest BCUT2D eigenvalue weighted by atomic mass is 9.95. The Bertz CT molecular complexity index is 623. The molecule has 0 spiro atoms.